The van der Waals surface area contributed by atoms with E-state index >= 15 is 0 Å². The first-order valence-corrected chi connectivity index (χ1v) is 9.40. The first kappa shape index (κ1) is 17.5. The van der Waals surface area contributed by atoms with Crippen LogP contribution in [-0.4, -0.2) is 34.9 Å². The normalized spacial score (nSPS) is 18.5. The van der Waals surface area contributed by atoms with E-state index in [1.807, 2.05) is 29.0 Å². The number of unbranched alkanes of at least 4 members (excludes halogenated alkanes) is 2. The molecule has 2 aromatic rings. The molecular weight excluding hydrogens is 342 g/mol. The van der Waals surface area contributed by atoms with E-state index in [4.69, 9.17) is 9.57 Å². The molecule has 0 aromatic carbocycles. The monoisotopic (exact) mass is 365 g/mol. The third kappa shape index (κ3) is 2.95. The van der Waals surface area contributed by atoms with Crippen molar-refractivity contribution < 1.29 is 14.4 Å². The minimum atomic E-state index is -0.532. The zero-order chi connectivity index (χ0) is 18.8. The summed E-state index contributed by atoms with van der Waals surface area (Å²) >= 11 is 0. The van der Waals surface area contributed by atoms with Gasteiger partial charge in [0.2, 0.25) is 0 Å². The Balaban J connectivity index is 1.85. The summed E-state index contributed by atoms with van der Waals surface area (Å²) in [7, 11) is 1.54. The van der Waals surface area contributed by atoms with Gasteiger partial charge in [-0.25, -0.2) is 0 Å². The summed E-state index contributed by atoms with van der Waals surface area (Å²) in [6.45, 7) is 2.57. The number of hydrogen-bond donors (Lipinski definition) is 0. The van der Waals surface area contributed by atoms with Crippen LogP contribution in [-0.2, 0) is 14.4 Å². The van der Waals surface area contributed by atoms with Crippen LogP contribution in [0.15, 0.2) is 35.7 Å². The minimum Gasteiger partial charge on any atom is -0.465 e. The van der Waals surface area contributed by atoms with Gasteiger partial charge in [-0.15, -0.1) is 0 Å². The molecule has 4 rings (SSSR count). The molecule has 0 saturated carbocycles. The molecule has 1 unspecified atom stereocenters. The summed E-state index contributed by atoms with van der Waals surface area (Å²) in [6, 6.07) is 5.86. The Kier molecular flexibility index (Phi) is 4.79. The van der Waals surface area contributed by atoms with E-state index in [2.05, 4.69) is 23.1 Å². The molecule has 27 heavy (non-hydrogen) atoms. The molecule has 0 saturated heterocycles. The maximum Gasteiger partial charge on any atom is 0.321 e. The molecule has 0 fully saturated rings. The topological polar surface area (TPSA) is 65.7 Å². The lowest BCUT2D eigenvalue weighted by atomic mass is 9.90. The summed E-state index contributed by atoms with van der Waals surface area (Å²) < 4.78 is 7.63. The number of aromatic nitrogens is 2. The molecule has 0 spiro atoms. The molecular formula is C21H23N3O3. The second kappa shape index (κ2) is 7.39. The Bertz CT molecular complexity index is 1020. The van der Waals surface area contributed by atoms with Crippen LogP contribution in [0.2, 0.25) is 0 Å². The highest BCUT2D eigenvalue weighted by atomic mass is 16.6. The molecule has 3 heterocycles. The average Bonchev–Trinajstić information content (AvgIpc) is 3.16. The summed E-state index contributed by atoms with van der Waals surface area (Å²) in [5, 5.41) is 6.22. The molecule has 0 bridgehead atoms. The summed E-state index contributed by atoms with van der Waals surface area (Å²) in [4.78, 5) is 22.6. The first-order chi connectivity index (χ1) is 13.3. The van der Waals surface area contributed by atoms with Crippen molar-refractivity contribution in [2.24, 2.45) is 5.16 Å². The number of carbonyl (C=O) groups excluding carboxylic acids is 1. The summed E-state index contributed by atoms with van der Waals surface area (Å²) in [5.74, 6) is -0.780. The number of pyridine rings is 1. The summed E-state index contributed by atoms with van der Waals surface area (Å²) in [5.41, 5.74) is 3.35. The third-order valence-electron chi connectivity index (χ3n) is 5.06. The number of oxime groups is 1. The van der Waals surface area contributed by atoms with E-state index in [1.54, 1.807) is 13.3 Å². The van der Waals surface area contributed by atoms with E-state index in [9.17, 15) is 4.79 Å². The standard InChI is InChI=1S/C21H23N3O3/c1-3-4-5-13-27-21(25)18-16-7-6-12-24(16)20-15(23-26-2)9-8-14-10-11-22-19(18)17(14)20/h6-8,10-12,18H,3-5,9,13H2,1-2H3. The Hall–Kier alpha value is -2.89. The van der Waals surface area contributed by atoms with Gasteiger partial charge in [0, 0.05) is 29.7 Å². The van der Waals surface area contributed by atoms with E-state index in [0.717, 1.165) is 52.5 Å². The fraction of sp³-hybridized carbons (Fsp3) is 0.381. The molecule has 140 valence electrons. The largest absolute Gasteiger partial charge is 0.465 e. The second-order valence-electron chi connectivity index (χ2n) is 6.75. The fourth-order valence-corrected chi connectivity index (χ4v) is 3.85. The zero-order valence-electron chi connectivity index (χ0n) is 15.6. The Morgan fingerprint density at radius 1 is 1.37 bits per heavy atom. The maximum atomic E-state index is 13.0. The maximum absolute atomic E-state index is 13.0. The average molecular weight is 365 g/mol. The molecule has 1 atom stereocenters. The fourth-order valence-electron chi connectivity index (χ4n) is 3.85. The van der Waals surface area contributed by atoms with Gasteiger partial charge >= 0.3 is 5.97 Å². The van der Waals surface area contributed by atoms with Crippen molar-refractivity contribution in [3.8, 4) is 0 Å². The van der Waals surface area contributed by atoms with Crippen molar-refractivity contribution >= 4 is 23.5 Å². The molecule has 6 heteroatoms. The van der Waals surface area contributed by atoms with Crippen LogP contribution in [0.4, 0.5) is 0 Å². The Morgan fingerprint density at radius 3 is 3.07 bits per heavy atom. The number of nitrogens with zero attached hydrogens (tertiary/aromatic N) is 3. The van der Waals surface area contributed by atoms with Crippen molar-refractivity contribution in [2.75, 3.05) is 13.7 Å². The van der Waals surface area contributed by atoms with Crippen molar-refractivity contribution in [3.63, 3.8) is 0 Å². The van der Waals surface area contributed by atoms with Crippen molar-refractivity contribution in [1.29, 1.82) is 0 Å². The number of fused-ring (bicyclic) bond motifs is 2. The zero-order valence-corrected chi connectivity index (χ0v) is 15.6. The molecule has 0 amide bonds. The van der Waals surface area contributed by atoms with Crippen LogP contribution < -0.4 is 10.4 Å². The minimum absolute atomic E-state index is 0.248. The van der Waals surface area contributed by atoms with Gasteiger partial charge in [-0.2, -0.15) is 0 Å². The van der Waals surface area contributed by atoms with Gasteiger partial charge in [0.05, 0.1) is 18.0 Å². The van der Waals surface area contributed by atoms with Gasteiger partial charge in [-0.05, 0) is 29.8 Å². The van der Waals surface area contributed by atoms with Crippen molar-refractivity contribution in [3.05, 3.63) is 52.4 Å². The van der Waals surface area contributed by atoms with E-state index < -0.39 is 5.92 Å². The van der Waals surface area contributed by atoms with Gasteiger partial charge < -0.3 is 14.1 Å². The molecule has 0 N–H and O–H groups in total. The Labute approximate surface area is 157 Å². The van der Waals surface area contributed by atoms with Crippen LogP contribution in [0.5, 0.6) is 0 Å². The van der Waals surface area contributed by atoms with E-state index in [1.165, 1.54) is 0 Å². The molecule has 1 aliphatic heterocycles. The van der Waals surface area contributed by atoms with Crippen LogP contribution in [0, 0.1) is 0 Å². The van der Waals surface area contributed by atoms with Gasteiger partial charge in [0.25, 0.3) is 0 Å². The SMILES string of the molecule is CCCCCOC(=O)C1c2nccc3c2=C(C(=NOC)CC=3)n2cccc21. The second-order valence-corrected chi connectivity index (χ2v) is 6.75. The highest BCUT2D eigenvalue weighted by molar-refractivity contribution is 6.21. The molecule has 2 aromatic heterocycles. The van der Waals surface area contributed by atoms with Gasteiger partial charge in [-0.3, -0.25) is 9.78 Å². The molecule has 6 nitrogen and oxygen atoms in total. The Morgan fingerprint density at radius 2 is 2.26 bits per heavy atom. The number of hydrogen-bond acceptors (Lipinski definition) is 5. The lowest BCUT2D eigenvalue weighted by Crippen LogP contribution is -2.45. The predicted molar refractivity (Wildman–Crippen MR) is 103 cm³/mol. The predicted octanol–water partition coefficient (Wildman–Crippen LogP) is 1.90. The van der Waals surface area contributed by atoms with E-state index in [-0.39, 0.29) is 5.97 Å². The highest BCUT2D eigenvalue weighted by Crippen LogP contribution is 2.30. The smallest absolute Gasteiger partial charge is 0.321 e. The summed E-state index contributed by atoms with van der Waals surface area (Å²) in [6.07, 6.45) is 9.51. The third-order valence-corrected chi connectivity index (χ3v) is 5.06. The molecule has 0 radical (unpaired) electrons. The number of carbonyl (C=O) groups is 1. The van der Waals surface area contributed by atoms with Crippen LogP contribution in [0.3, 0.4) is 0 Å². The van der Waals surface area contributed by atoms with Crippen molar-refractivity contribution in [1.82, 2.24) is 9.55 Å². The van der Waals surface area contributed by atoms with Gasteiger partial charge in [-0.1, -0.05) is 31.0 Å². The van der Waals surface area contributed by atoms with Gasteiger partial charge in [0.1, 0.15) is 18.7 Å². The highest BCUT2D eigenvalue weighted by Gasteiger charge is 2.36. The van der Waals surface area contributed by atoms with E-state index in [0.29, 0.717) is 13.0 Å². The van der Waals surface area contributed by atoms with Gasteiger partial charge in [0.15, 0.2) is 0 Å². The van der Waals surface area contributed by atoms with Crippen molar-refractivity contribution in [2.45, 2.75) is 38.5 Å². The molecule has 2 aliphatic rings. The first-order valence-electron chi connectivity index (χ1n) is 9.40. The lowest BCUT2D eigenvalue weighted by Gasteiger charge is -2.27. The number of esters is 1. The number of rotatable bonds is 6. The van der Waals surface area contributed by atoms with Crippen LogP contribution in [0.1, 0.15) is 49.9 Å². The molecule has 1 aliphatic carbocycles. The lowest BCUT2D eigenvalue weighted by molar-refractivity contribution is -0.144. The van der Waals surface area contributed by atoms with Crippen LogP contribution in [0.25, 0.3) is 11.8 Å². The number of ether oxygens (including phenoxy) is 1. The van der Waals surface area contributed by atoms with Crippen LogP contribution >= 0.6 is 0 Å². The quantitative estimate of drug-likeness (QED) is 0.446.